The lowest BCUT2D eigenvalue weighted by Crippen LogP contribution is -2.41. The number of benzene rings is 1. The number of carbonyl (C=O) groups excluding carboxylic acids is 1. The maximum atomic E-state index is 13.5. The zero-order valence-electron chi connectivity index (χ0n) is 11.2. The number of carbonyl (C=O) groups is 1. The Morgan fingerprint density at radius 3 is 2.85 bits per heavy atom. The Balaban J connectivity index is 2.05. The van der Waals surface area contributed by atoms with Crippen LogP contribution in [-0.4, -0.2) is 19.0 Å². The highest BCUT2D eigenvalue weighted by Gasteiger charge is 2.23. The van der Waals surface area contributed by atoms with Gasteiger partial charge in [0.1, 0.15) is 5.82 Å². The van der Waals surface area contributed by atoms with E-state index in [1.165, 1.54) is 12.1 Å². The molecule has 3 nitrogen and oxygen atoms in total. The number of nitrogens with one attached hydrogen (secondary N) is 2. The van der Waals surface area contributed by atoms with Crippen LogP contribution in [0.4, 0.5) is 4.39 Å². The number of halogens is 3. The third-order valence-corrected chi connectivity index (χ3v) is 4.15. The molecular formula is C14H17Cl2FN2O. The Morgan fingerprint density at radius 1 is 1.45 bits per heavy atom. The molecule has 2 rings (SSSR count). The van der Waals surface area contributed by atoms with E-state index in [2.05, 4.69) is 10.6 Å². The van der Waals surface area contributed by atoms with Gasteiger partial charge in [-0.15, -0.1) is 0 Å². The Labute approximate surface area is 127 Å². The van der Waals surface area contributed by atoms with Gasteiger partial charge in [0.25, 0.3) is 0 Å². The van der Waals surface area contributed by atoms with Crippen LogP contribution >= 0.6 is 23.2 Å². The Morgan fingerprint density at radius 2 is 2.20 bits per heavy atom. The predicted molar refractivity (Wildman–Crippen MR) is 78.6 cm³/mol. The average Bonchev–Trinajstić information content (AvgIpc) is 2.43. The van der Waals surface area contributed by atoms with Crippen LogP contribution in [0.1, 0.15) is 31.4 Å². The van der Waals surface area contributed by atoms with Gasteiger partial charge in [0.2, 0.25) is 5.91 Å². The number of rotatable bonds is 3. The number of piperidine rings is 1. The van der Waals surface area contributed by atoms with Crippen LogP contribution in [0.5, 0.6) is 0 Å². The second-order valence-electron chi connectivity index (χ2n) is 5.06. The SMILES string of the molecule is CC(NC(=O)C1CCCNC1)c1cc(F)c(Cl)cc1Cl. The molecule has 2 N–H and O–H groups in total. The summed E-state index contributed by atoms with van der Waals surface area (Å²) in [7, 11) is 0. The highest BCUT2D eigenvalue weighted by molar-refractivity contribution is 6.35. The lowest BCUT2D eigenvalue weighted by molar-refractivity contribution is -0.126. The number of hydrogen-bond donors (Lipinski definition) is 2. The normalized spacial score (nSPS) is 20.5. The van der Waals surface area contributed by atoms with E-state index in [-0.39, 0.29) is 22.9 Å². The molecule has 0 spiro atoms. The van der Waals surface area contributed by atoms with Crippen molar-refractivity contribution in [1.29, 1.82) is 0 Å². The van der Waals surface area contributed by atoms with Crippen molar-refractivity contribution in [3.8, 4) is 0 Å². The van der Waals surface area contributed by atoms with Crippen LogP contribution < -0.4 is 10.6 Å². The molecule has 110 valence electrons. The van der Waals surface area contributed by atoms with Gasteiger partial charge < -0.3 is 10.6 Å². The van der Waals surface area contributed by atoms with Crippen LogP contribution in [0.15, 0.2) is 12.1 Å². The van der Waals surface area contributed by atoms with Gasteiger partial charge in [-0.25, -0.2) is 4.39 Å². The summed E-state index contributed by atoms with van der Waals surface area (Å²) in [6.07, 6.45) is 1.86. The molecule has 2 atom stereocenters. The minimum Gasteiger partial charge on any atom is -0.349 e. The molecule has 0 aliphatic carbocycles. The molecule has 1 aliphatic rings. The van der Waals surface area contributed by atoms with Crippen LogP contribution in [0, 0.1) is 11.7 Å². The summed E-state index contributed by atoms with van der Waals surface area (Å²) in [6.45, 7) is 3.41. The smallest absolute Gasteiger partial charge is 0.224 e. The van der Waals surface area contributed by atoms with Gasteiger partial charge in [-0.05, 0) is 44.0 Å². The summed E-state index contributed by atoms with van der Waals surface area (Å²) in [6, 6.07) is 2.27. The first-order valence-electron chi connectivity index (χ1n) is 6.64. The summed E-state index contributed by atoms with van der Waals surface area (Å²) >= 11 is 11.7. The first-order valence-corrected chi connectivity index (χ1v) is 7.40. The molecular weight excluding hydrogens is 302 g/mol. The molecule has 2 unspecified atom stereocenters. The lowest BCUT2D eigenvalue weighted by atomic mass is 9.98. The molecule has 0 radical (unpaired) electrons. The van der Waals surface area contributed by atoms with Gasteiger partial charge >= 0.3 is 0 Å². The molecule has 1 heterocycles. The van der Waals surface area contributed by atoms with E-state index >= 15 is 0 Å². The topological polar surface area (TPSA) is 41.1 Å². The van der Waals surface area contributed by atoms with Crippen LogP contribution in [0.25, 0.3) is 0 Å². The molecule has 1 amide bonds. The lowest BCUT2D eigenvalue weighted by Gasteiger charge is -2.24. The van der Waals surface area contributed by atoms with Crippen LogP contribution in [0.2, 0.25) is 10.0 Å². The zero-order valence-corrected chi connectivity index (χ0v) is 12.7. The molecule has 1 saturated heterocycles. The van der Waals surface area contributed by atoms with E-state index in [1.54, 1.807) is 6.92 Å². The Kier molecular flexibility index (Phi) is 5.24. The standard InChI is InChI=1S/C14H17Cl2FN2O/c1-8(10-5-13(17)12(16)6-11(10)15)19-14(20)9-3-2-4-18-7-9/h5-6,8-9,18H,2-4,7H2,1H3,(H,19,20). The summed E-state index contributed by atoms with van der Waals surface area (Å²) in [5, 5.41) is 6.41. The zero-order chi connectivity index (χ0) is 14.7. The minimum atomic E-state index is -0.536. The van der Waals surface area contributed by atoms with E-state index in [9.17, 15) is 9.18 Å². The van der Waals surface area contributed by atoms with E-state index in [4.69, 9.17) is 23.2 Å². The van der Waals surface area contributed by atoms with Gasteiger partial charge in [0.05, 0.1) is 17.0 Å². The van der Waals surface area contributed by atoms with Crippen molar-refractivity contribution in [2.75, 3.05) is 13.1 Å². The van der Waals surface area contributed by atoms with Gasteiger partial charge in [0.15, 0.2) is 0 Å². The molecule has 20 heavy (non-hydrogen) atoms. The average molecular weight is 319 g/mol. The predicted octanol–water partition coefficient (Wildman–Crippen LogP) is 3.31. The van der Waals surface area contributed by atoms with Gasteiger partial charge in [-0.2, -0.15) is 0 Å². The molecule has 0 saturated carbocycles. The summed E-state index contributed by atoms with van der Waals surface area (Å²) in [5.41, 5.74) is 0.533. The largest absolute Gasteiger partial charge is 0.349 e. The number of hydrogen-bond acceptors (Lipinski definition) is 2. The highest BCUT2D eigenvalue weighted by atomic mass is 35.5. The van der Waals surface area contributed by atoms with Crippen molar-refractivity contribution in [2.24, 2.45) is 5.92 Å². The molecule has 0 bridgehead atoms. The highest BCUT2D eigenvalue weighted by Crippen LogP contribution is 2.28. The molecule has 0 aromatic heterocycles. The summed E-state index contributed by atoms with van der Waals surface area (Å²) in [5.74, 6) is -0.607. The third kappa shape index (κ3) is 3.62. The van der Waals surface area contributed by atoms with Crippen LogP contribution in [-0.2, 0) is 4.79 Å². The second kappa shape index (κ2) is 6.74. The van der Waals surface area contributed by atoms with E-state index in [1.807, 2.05) is 0 Å². The maximum absolute atomic E-state index is 13.5. The van der Waals surface area contributed by atoms with Crippen molar-refractivity contribution >= 4 is 29.1 Å². The van der Waals surface area contributed by atoms with Gasteiger partial charge in [0, 0.05) is 11.6 Å². The minimum absolute atomic E-state index is 0.0197. The van der Waals surface area contributed by atoms with E-state index in [0.29, 0.717) is 17.1 Å². The molecule has 1 aromatic rings. The van der Waals surface area contributed by atoms with Gasteiger partial charge in [-0.3, -0.25) is 4.79 Å². The fourth-order valence-corrected chi connectivity index (χ4v) is 2.90. The second-order valence-corrected chi connectivity index (χ2v) is 5.88. The van der Waals surface area contributed by atoms with Crippen molar-refractivity contribution in [3.05, 3.63) is 33.6 Å². The van der Waals surface area contributed by atoms with Crippen molar-refractivity contribution in [2.45, 2.75) is 25.8 Å². The molecule has 1 aromatic carbocycles. The monoisotopic (exact) mass is 318 g/mol. The fourth-order valence-electron chi connectivity index (χ4n) is 2.35. The third-order valence-electron chi connectivity index (χ3n) is 3.53. The summed E-state index contributed by atoms with van der Waals surface area (Å²) < 4.78 is 13.5. The quantitative estimate of drug-likeness (QED) is 0.839. The Bertz CT molecular complexity index is 504. The first-order chi connectivity index (χ1) is 9.49. The first kappa shape index (κ1) is 15.5. The molecule has 1 fully saturated rings. The summed E-state index contributed by atoms with van der Waals surface area (Å²) in [4.78, 5) is 12.1. The van der Waals surface area contributed by atoms with E-state index in [0.717, 1.165) is 19.4 Å². The van der Waals surface area contributed by atoms with Crippen molar-refractivity contribution in [3.63, 3.8) is 0 Å². The van der Waals surface area contributed by atoms with E-state index < -0.39 is 5.82 Å². The Hall–Kier alpha value is -0.840. The van der Waals surface area contributed by atoms with Crippen molar-refractivity contribution in [1.82, 2.24) is 10.6 Å². The fraction of sp³-hybridized carbons (Fsp3) is 0.500. The van der Waals surface area contributed by atoms with Crippen molar-refractivity contribution < 1.29 is 9.18 Å². The molecule has 1 aliphatic heterocycles. The molecule has 6 heteroatoms. The maximum Gasteiger partial charge on any atom is 0.224 e. The van der Waals surface area contributed by atoms with Crippen LogP contribution in [0.3, 0.4) is 0 Å². The van der Waals surface area contributed by atoms with Gasteiger partial charge in [-0.1, -0.05) is 23.2 Å². The number of amides is 1.